The number of carbonyl (C=O) groups excluding carboxylic acids is 2. The molecule has 1 aliphatic heterocycles. The van der Waals surface area contributed by atoms with Gasteiger partial charge in [-0.3, -0.25) is 10.1 Å². The Morgan fingerprint density at radius 3 is 2.61 bits per heavy atom. The van der Waals surface area contributed by atoms with Gasteiger partial charge in [-0.1, -0.05) is 38.2 Å². The number of piperazine rings is 1. The lowest BCUT2D eigenvalue weighted by atomic mass is 9.87. The standard InChI is InChI=1S/C23H30N4O4/c28-22(26-10-12-27(13-11-26)23(29)25-21-16-30-17-24-21)19-7-4-8-20(15-19)31-14-9-18-5-2-1-3-6-18/h4,7-8,15-18H,1-3,5-6,9-14H2,(H,25,29). The summed E-state index contributed by atoms with van der Waals surface area (Å²) in [4.78, 5) is 32.6. The first-order valence-electron chi connectivity index (χ1n) is 11.2. The summed E-state index contributed by atoms with van der Waals surface area (Å²) in [6.07, 6.45) is 10.4. The van der Waals surface area contributed by atoms with Gasteiger partial charge >= 0.3 is 6.03 Å². The number of carbonyl (C=O) groups is 2. The Morgan fingerprint density at radius 1 is 1.10 bits per heavy atom. The Kier molecular flexibility index (Phi) is 7.07. The number of nitrogens with one attached hydrogen (secondary N) is 1. The predicted molar refractivity (Wildman–Crippen MR) is 116 cm³/mol. The number of urea groups is 1. The van der Waals surface area contributed by atoms with Gasteiger partial charge in [-0.05, 0) is 30.5 Å². The van der Waals surface area contributed by atoms with Crippen LogP contribution in [-0.4, -0.2) is 59.5 Å². The summed E-state index contributed by atoms with van der Waals surface area (Å²) in [7, 11) is 0. The highest BCUT2D eigenvalue weighted by molar-refractivity contribution is 5.95. The molecule has 166 valence electrons. The molecule has 1 saturated heterocycles. The van der Waals surface area contributed by atoms with Crippen LogP contribution in [0, 0.1) is 5.92 Å². The number of rotatable bonds is 6. The third-order valence-corrected chi connectivity index (χ3v) is 6.12. The Balaban J connectivity index is 1.24. The molecule has 0 spiro atoms. The third-order valence-electron chi connectivity index (χ3n) is 6.12. The monoisotopic (exact) mass is 426 g/mol. The van der Waals surface area contributed by atoms with Crippen molar-refractivity contribution in [3.63, 3.8) is 0 Å². The number of nitrogens with zero attached hydrogens (tertiary/aromatic N) is 3. The fraction of sp³-hybridized carbons (Fsp3) is 0.522. The van der Waals surface area contributed by atoms with Crippen LogP contribution in [0.1, 0.15) is 48.9 Å². The van der Waals surface area contributed by atoms with E-state index in [0.29, 0.717) is 44.2 Å². The molecule has 3 amide bonds. The maximum absolute atomic E-state index is 12.9. The van der Waals surface area contributed by atoms with Crippen molar-refractivity contribution in [2.45, 2.75) is 38.5 Å². The average Bonchev–Trinajstić information content (AvgIpc) is 3.33. The van der Waals surface area contributed by atoms with Crippen LogP contribution in [0.2, 0.25) is 0 Å². The zero-order valence-electron chi connectivity index (χ0n) is 17.8. The van der Waals surface area contributed by atoms with E-state index in [0.717, 1.165) is 18.1 Å². The van der Waals surface area contributed by atoms with Gasteiger partial charge in [-0.2, -0.15) is 4.98 Å². The first kappa shape index (κ1) is 21.2. The maximum Gasteiger partial charge on any atom is 0.323 e. The lowest BCUT2D eigenvalue weighted by molar-refractivity contribution is 0.0671. The molecule has 8 heteroatoms. The van der Waals surface area contributed by atoms with Crippen molar-refractivity contribution < 1.29 is 18.7 Å². The zero-order chi connectivity index (χ0) is 21.5. The van der Waals surface area contributed by atoms with Gasteiger partial charge < -0.3 is 19.0 Å². The van der Waals surface area contributed by atoms with Crippen molar-refractivity contribution in [2.24, 2.45) is 5.92 Å². The number of ether oxygens (including phenoxy) is 1. The first-order chi connectivity index (χ1) is 15.2. The molecule has 2 heterocycles. The minimum Gasteiger partial charge on any atom is -0.494 e. The van der Waals surface area contributed by atoms with Crippen molar-refractivity contribution in [3.8, 4) is 5.75 Å². The molecule has 1 aliphatic carbocycles. The zero-order valence-corrected chi connectivity index (χ0v) is 17.8. The molecule has 2 aliphatic rings. The minimum atomic E-state index is -0.241. The molecule has 4 rings (SSSR count). The van der Waals surface area contributed by atoms with E-state index < -0.39 is 0 Å². The number of benzene rings is 1. The fourth-order valence-electron chi connectivity index (χ4n) is 4.30. The smallest absolute Gasteiger partial charge is 0.323 e. The van der Waals surface area contributed by atoms with E-state index in [1.165, 1.54) is 44.8 Å². The Labute approximate surface area is 182 Å². The van der Waals surface area contributed by atoms with E-state index >= 15 is 0 Å². The molecule has 1 N–H and O–H groups in total. The van der Waals surface area contributed by atoms with Crippen LogP contribution >= 0.6 is 0 Å². The second kappa shape index (κ2) is 10.3. The Bertz CT molecular complexity index is 856. The van der Waals surface area contributed by atoms with Crippen molar-refractivity contribution >= 4 is 17.8 Å². The van der Waals surface area contributed by atoms with E-state index in [1.54, 1.807) is 9.80 Å². The quantitative estimate of drug-likeness (QED) is 0.754. The second-order valence-electron chi connectivity index (χ2n) is 8.25. The van der Waals surface area contributed by atoms with Gasteiger partial charge in [0.25, 0.3) is 5.91 Å². The molecular formula is C23H30N4O4. The van der Waals surface area contributed by atoms with Crippen LogP contribution in [0.4, 0.5) is 10.6 Å². The molecule has 2 aromatic rings. The SMILES string of the molecule is O=C(Nc1cocn1)N1CCN(C(=O)c2cccc(OCCC3CCCCC3)c2)CC1. The summed E-state index contributed by atoms with van der Waals surface area (Å²) in [5, 5.41) is 2.68. The largest absolute Gasteiger partial charge is 0.494 e. The Morgan fingerprint density at radius 2 is 1.87 bits per heavy atom. The highest BCUT2D eigenvalue weighted by Crippen LogP contribution is 2.26. The lowest BCUT2D eigenvalue weighted by Gasteiger charge is -2.34. The molecule has 0 bridgehead atoms. The summed E-state index contributed by atoms with van der Waals surface area (Å²) in [5.74, 6) is 1.86. The highest BCUT2D eigenvalue weighted by Gasteiger charge is 2.25. The number of anilines is 1. The molecule has 31 heavy (non-hydrogen) atoms. The molecule has 1 aromatic heterocycles. The molecule has 0 radical (unpaired) electrons. The van der Waals surface area contributed by atoms with E-state index in [4.69, 9.17) is 9.15 Å². The van der Waals surface area contributed by atoms with Gasteiger partial charge in [0.05, 0.1) is 6.61 Å². The maximum atomic E-state index is 12.9. The summed E-state index contributed by atoms with van der Waals surface area (Å²) in [6.45, 7) is 2.59. The molecule has 2 fully saturated rings. The average molecular weight is 427 g/mol. The van der Waals surface area contributed by atoms with Crippen LogP contribution in [0.5, 0.6) is 5.75 Å². The minimum absolute atomic E-state index is 0.0331. The lowest BCUT2D eigenvalue weighted by Crippen LogP contribution is -2.51. The molecule has 8 nitrogen and oxygen atoms in total. The Hall–Kier alpha value is -3.03. The van der Waals surface area contributed by atoms with Gasteiger partial charge in [0, 0.05) is 31.7 Å². The molecule has 1 aromatic carbocycles. The predicted octanol–water partition coefficient (Wildman–Crippen LogP) is 4.01. The second-order valence-corrected chi connectivity index (χ2v) is 8.25. The number of aromatic nitrogens is 1. The van der Waals surface area contributed by atoms with E-state index in [-0.39, 0.29) is 11.9 Å². The normalized spacial score (nSPS) is 17.4. The molecule has 0 unspecified atom stereocenters. The van der Waals surface area contributed by atoms with E-state index in [9.17, 15) is 9.59 Å². The summed E-state index contributed by atoms with van der Waals surface area (Å²) >= 11 is 0. The number of oxazole rings is 1. The van der Waals surface area contributed by atoms with Gasteiger partial charge in [0.15, 0.2) is 12.2 Å². The van der Waals surface area contributed by atoms with Gasteiger partial charge in [-0.25, -0.2) is 4.79 Å². The molecular weight excluding hydrogens is 396 g/mol. The summed E-state index contributed by atoms with van der Waals surface area (Å²) in [5.41, 5.74) is 0.621. The van der Waals surface area contributed by atoms with Crippen molar-refractivity contribution in [3.05, 3.63) is 42.5 Å². The summed E-state index contributed by atoms with van der Waals surface area (Å²) in [6, 6.07) is 7.18. The van der Waals surface area contributed by atoms with Crippen LogP contribution in [-0.2, 0) is 0 Å². The number of hydrogen-bond donors (Lipinski definition) is 1. The number of amides is 3. The van der Waals surface area contributed by atoms with Crippen LogP contribution in [0.3, 0.4) is 0 Å². The van der Waals surface area contributed by atoms with Crippen molar-refractivity contribution in [1.29, 1.82) is 0 Å². The highest BCUT2D eigenvalue weighted by atomic mass is 16.5. The fourth-order valence-corrected chi connectivity index (χ4v) is 4.30. The van der Waals surface area contributed by atoms with Crippen LogP contribution in [0.15, 0.2) is 41.3 Å². The third kappa shape index (κ3) is 5.77. The van der Waals surface area contributed by atoms with Gasteiger partial charge in [-0.15, -0.1) is 0 Å². The van der Waals surface area contributed by atoms with Gasteiger partial charge in [0.2, 0.25) is 0 Å². The summed E-state index contributed by atoms with van der Waals surface area (Å²) < 4.78 is 10.8. The van der Waals surface area contributed by atoms with Crippen molar-refractivity contribution in [1.82, 2.24) is 14.8 Å². The number of hydrogen-bond acceptors (Lipinski definition) is 5. The topological polar surface area (TPSA) is 87.9 Å². The van der Waals surface area contributed by atoms with Crippen molar-refractivity contribution in [2.75, 3.05) is 38.1 Å². The van der Waals surface area contributed by atoms with Crippen LogP contribution < -0.4 is 10.1 Å². The van der Waals surface area contributed by atoms with E-state index in [2.05, 4.69) is 10.3 Å². The van der Waals surface area contributed by atoms with Gasteiger partial charge in [0.1, 0.15) is 12.0 Å². The molecule has 0 atom stereocenters. The molecule has 1 saturated carbocycles. The first-order valence-corrected chi connectivity index (χ1v) is 11.2. The van der Waals surface area contributed by atoms with Crippen LogP contribution in [0.25, 0.3) is 0 Å². The van der Waals surface area contributed by atoms with E-state index in [1.807, 2.05) is 24.3 Å².